The first-order chi connectivity index (χ1) is 14.4. The summed E-state index contributed by atoms with van der Waals surface area (Å²) in [5, 5.41) is 3.06. The van der Waals surface area contributed by atoms with Crippen LogP contribution in [0.2, 0.25) is 0 Å². The Kier molecular flexibility index (Phi) is 6.92. The Labute approximate surface area is 175 Å². The van der Waals surface area contributed by atoms with Gasteiger partial charge in [-0.1, -0.05) is 29.8 Å². The molecule has 0 saturated heterocycles. The highest BCUT2D eigenvalue weighted by atomic mass is 16.5. The maximum absolute atomic E-state index is 12.3. The van der Waals surface area contributed by atoms with Gasteiger partial charge >= 0.3 is 5.97 Å². The van der Waals surface area contributed by atoms with Crippen molar-refractivity contribution in [3.05, 3.63) is 71.0 Å². The molecule has 8 heteroatoms. The van der Waals surface area contributed by atoms with Crippen molar-refractivity contribution in [1.82, 2.24) is 15.0 Å². The number of carbonyl (C=O) groups is 1. The molecule has 0 unspecified atom stereocenters. The van der Waals surface area contributed by atoms with Crippen molar-refractivity contribution in [2.75, 3.05) is 11.1 Å². The average molecular weight is 407 g/mol. The number of hydrogen-bond acceptors (Lipinski definition) is 8. The van der Waals surface area contributed by atoms with E-state index in [0.29, 0.717) is 12.2 Å². The van der Waals surface area contributed by atoms with Crippen molar-refractivity contribution >= 4 is 23.6 Å². The zero-order chi connectivity index (χ0) is 21.5. The monoisotopic (exact) mass is 407 g/mol. The highest BCUT2D eigenvalue weighted by Gasteiger charge is 2.11. The first kappa shape index (κ1) is 21.2. The fourth-order valence-electron chi connectivity index (χ4n) is 2.54. The van der Waals surface area contributed by atoms with Gasteiger partial charge < -0.3 is 20.5 Å². The second-order valence-electron chi connectivity index (χ2n) is 7.06. The number of nitrogens with one attached hydrogen (secondary N) is 1. The summed E-state index contributed by atoms with van der Waals surface area (Å²) in [5.41, 5.74) is 9.14. The molecule has 0 amide bonds. The first-order valence-corrected chi connectivity index (χ1v) is 9.61. The average Bonchev–Trinajstić information content (AvgIpc) is 2.72. The number of nitrogens with zero attached hydrogens (tertiary/aromatic N) is 3. The fourth-order valence-corrected chi connectivity index (χ4v) is 2.54. The van der Waals surface area contributed by atoms with Crippen LogP contribution in [0.25, 0.3) is 0 Å². The van der Waals surface area contributed by atoms with Crippen LogP contribution >= 0.6 is 0 Å². The van der Waals surface area contributed by atoms with E-state index in [2.05, 4.69) is 20.3 Å². The van der Waals surface area contributed by atoms with E-state index in [0.717, 1.165) is 16.8 Å². The Bertz CT molecular complexity index is 989. The van der Waals surface area contributed by atoms with Crippen LogP contribution in [0.3, 0.4) is 0 Å². The molecule has 0 aliphatic rings. The highest BCUT2D eigenvalue weighted by Crippen LogP contribution is 2.15. The van der Waals surface area contributed by atoms with Gasteiger partial charge in [0.2, 0.25) is 11.9 Å². The molecule has 0 spiro atoms. The van der Waals surface area contributed by atoms with Crippen LogP contribution in [0.4, 0.5) is 17.6 Å². The summed E-state index contributed by atoms with van der Waals surface area (Å²) in [7, 11) is 0. The third-order valence-corrected chi connectivity index (χ3v) is 4.11. The van der Waals surface area contributed by atoms with Gasteiger partial charge in [0.1, 0.15) is 0 Å². The van der Waals surface area contributed by atoms with E-state index in [1.54, 1.807) is 12.1 Å². The van der Waals surface area contributed by atoms with Crippen LogP contribution in [0.5, 0.6) is 0 Å². The summed E-state index contributed by atoms with van der Waals surface area (Å²) in [6.45, 7) is 6.33. The number of aromatic nitrogens is 3. The van der Waals surface area contributed by atoms with E-state index in [4.69, 9.17) is 15.2 Å². The molecule has 0 aliphatic heterocycles. The number of hydrogen-bond donors (Lipinski definition) is 2. The van der Waals surface area contributed by atoms with Gasteiger partial charge in [0.25, 0.3) is 0 Å². The van der Waals surface area contributed by atoms with E-state index in [-0.39, 0.29) is 30.4 Å². The normalized spacial score (nSPS) is 10.8. The van der Waals surface area contributed by atoms with Crippen LogP contribution in [0.15, 0.2) is 48.5 Å². The number of carbonyl (C=O) groups excluding carboxylic acids is 1. The van der Waals surface area contributed by atoms with Crippen LogP contribution in [-0.2, 0) is 22.7 Å². The van der Waals surface area contributed by atoms with E-state index >= 15 is 0 Å². The molecule has 0 atom stereocenters. The Morgan fingerprint density at radius 2 is 1.70 bits per heavy atom. The molecule has 1 heterocycles. The summed E-state index contributed by atoms with van der Waals surface area (Å²) >= 11 is 0. The molecule has 30 heavy (non-hydrogen) atoms. The summed E-state index contributed by atoms with van der Waals surface area (Å²) in [6.07, 6.45) is 0.146. The highest BCUT2D eigenvalue weighted by molar-refractivity contribution is 5.89. The van der Waals surface area contributed by atoms with Crippen molar-refractivity contribution in [2.24, 2.45) is 0 Å². The molecule has 0 saturated carbocycles. The number of esters is 1. The molecular weight excluding hydrogens is 382 g/mol. The minimum atomic E-state index is -0.474. The van der Waals surface area contributed by atoms with Crippen molar-refractivity contribution in [3.63, 3.8) is 0 Å². The molecular formula is C22H25N5O3. The topological polar surface area (TPSA) is 112 Å². The van der Waals surface area contributed by atoms with Gasteiger partial charge in [-0.25, -0.2) is 4.79 Å². The Morgan fingerprint density at radius 1 is 1.00 bits per heavy atom. The Morgan fingerprint density at radius 3 is 2.37 bits per heavy atom. The number of benzene rings is 2. The Balaban J connectivity index is 1.60. The molecule has 3 aromatic rings. The molecule has 0 fully saturated rings. The number of aryl methyl sites for hydroxylation is 1. The molecule has 2 aromatic carbocycles. The molecule has 0 bridgehead atoms. The van der Waals surface area contributed by atoms with Crippen LogP contribution < -0.4 is 11.1 Å². The largest absolute Gasteiger partial charge is 0.454 e. The summed E-state index contributed by atoms with van der Waals surface area (Å²) in [4.78, 5) is 24.7. The van der Waals surface area contributed by atoms with E-state index in [1.165, 1.54) is 0 Å². The zero-order valence-electron chi connectivity index (χ0n) is 17.3. The second kappa shape index (κ2) is 9.80. The molecule has 8 nitrogen and oxygen atoms in total. The van der Waals surface area contributed by atoms with Crippen LogP contribution in [0.1, 0.15) is 41.2 Å². The second-order valence-corrected chi connectivity index (χ2v) is 7.06. The van der Waals surface area contributed by atoms with Crippen LogP contribution in [0, 0.1) is 6.92 Å². The Hall–Kier alpha value is -3.52. The fraction of sp³-hybridized carbons (Fsp3) is 0.273. The number of nitrogen functional groups attached to an aromatic ring is 1. The smallest absolute Gasteiger partial charge is 0.338 e. The predicted molar refractivity (Wildman–Crippen MR) is 114 cm³/mol. The summed E-state index contributed by atoms with van der Waals surface area (Å²) in [5.74, 6) is 0.109. The molecule has 3 rings (SSSR count). The van der Waals surface area contributed by atoms with Gasteiger partial charge in [-0.05, 0) is 50.6 Å². The van der Waals surface area contributed by atoms with Crippen LogP contribution in [-0.4, -0.2) is 27.0 Å². The lowest BCUT2D eigenvalue weighted by Gasteiger charge is -2.09. The summed E-state index contributed by atoms with van der Waals surface area (Å²) in [6, 6.07) is 14.8. The van der Waals surface area contributed by atoms with Gasteiger partial charge in [-0.15, -0.1) is 0 Å². The standard InChI is InChI=1S/C22H25N5O3/c1-14(2)29-12-16-6-8-17(9-7-16)20(28)30-13-19-25-21(23)27-22(26-19)24-18-10-4-15(3)5-11-18/h4-11,14H,12-13H2,1-3H3,(H3,23,24,25,26,27). The minimum absolute atomic E-state index is 0.0418. The molecule has 156 valence electrons. The van der Waals surface area contributed by atoms with Crippen molar-refractivity contribution in [3.8, 4) is 0 Å². The minimum Gasteiger partial charge on any atom is -0.454 e. The van der Waals surface area contributed by atoms with E-state index in [1.807, 2.05) is 57.2 Å². The lowest BCUT2D eigenvalue weighted by molar-refractivity contribution is 0.0461. The van der Waals surface area contributed by atoms with Gasteiger partial charge in [-0.3, -0.25) is 0 Å². The van der Waals surface area contributed by atoms with Gasteiger partial charge in [-0.2, -0.15) is 15.0 Å². The van der Waals surface area contributed by atoms with Gasteiger partial charge in [0, 0.05) is 5.69 Å². The molecule has 0 radical (unpaired) electrons. The maximum Gasteiger partial charge on any atom is 0.338 e. The number of anilines is 3. The maximum atomic E-state index is 12.3. The van der Waals surface area contributed by atoms with Crippen molar-refractivity contribution in [2.45, 2.75) is 40.1 Å². The predicted octanol–water partition coefficient (Wildman–Crippen LogP) is 3.79. The SMILES string of the molecule is Cc1ccc(Nc2nc(N)nc(COC(=O)c3ccc(COC(C)C)cc3)n2)cc1. The quantitative estimate of drug-likeness (QED) is 0.543. The third-order valence-electron chi connectivity index (χ3n) is 4.11. The lowest BCUT2D eigenvalue weighted by Crippen LogP contribution is -2.11. The van der Waals surface area contributed by atoms with Gasteiger partial charge in [0.05, 0.1) is 18.3 Å². The van der Waals surface area contributed by atoms with Gasteiger partial charge in [0.15, 0.2) is 12.4 Å². The summed E-state index contributed by atoms with van der Waals surface area (Å²) < 4.78 is 10.9. The molecule has 0 aliphatic carbocycles. The number of ether oxygens (including phenoxy) is 2. The third kappa shape index (κ3) is 6.25. The van der Waals surface area contributed by atoms with E-state index in [9.17, 15) is 4.79 Å². The van der Waals surface area contributed by atoms with Crippen molar-refractivity contribution < 1.29 is 14.3 Å². The van der Waals surface area contributed by atoms with Crippen molar-refractivity contribution in [1.29, 1.82) is 0 Å². The molecule has 1 aromatic heterocycles. The molecule has 3 N–H and O–H groups in total. The van der Waals surface area contributed by atoms with E-state index < -0.39 is 5.97 Å². The first-order valence-electron chi connectivity index (χ1n) is 9.61. The number of rotatable bonds is 8. The number of nitrogens with two attached hydrogens (primary N) is 1. The zero-order valence-corrected chi connectivity index (χ0v) is 17.3. The lowest BCUT2D eigenvalue weighted by atomic mass is 10.1.